The number of nitrogens with zero attached hydrogens (tertiary/aromatic N) is 1. The molecule has 3 aromatic carbocycles. The van der Waals surface area contributed by atoms with Crippen molar-refractivity contribution < 1.29 is 5.11 Å². The third-order valence-corrected chi connectivity index (χ3v) is 6.32. The molecule has 0 aliphatic heterocycles. The smallest absolute Gasteiger partial charge is 0.127 e. The maximum Gasteiger partial charge on any atom is 0.127 e. The summed E-state index contributed by atoms with van der Waals surface area (Å²) in [4.78, 5) is 4.63. The van der Waals surface area contributed by atoms with Crippen molar-refractivity contribution in [3.8, 4) is 5.75 Å². The predicted octanol–water partition coefficient (Wildman–Crippen LogP) is 5.69. The molecule has 0 amide bonds. The highest BCUT2D eigenvalue weighted by Gasteiger charge is 2.21. The molecule has 1 N–H and O–H groups in total. The molecule has 0 saturated carbocycles. The highest BCUT2D eigenvalue weighted by atomic mass is 31.1. The van der Waals surface area contributed by atoms with E-state index in [0.29, 0.717) is 14.3 Å². The Kier molecular flexibility index (Phi) is 6.01. The number of phenols is 1. The molecule has 1 unspecified atom stereocenters. The second kappa shape index (κ2) is 8.29. The third kappa shape index (κ3) is 4.69. The zero-order chi connectivity index (χ0) is 20.3. The van der Waals surface area contributed by atoms with Gasteiger partial charge in [0.05, 0.1) is 5.69 Å². The zero-order valence-corrected chi connectivity index (χ0v) is 18.2. The van der Waals surface area contributed by atoms with Gasteiger partial charge in [-0.25, -0.2) is 0 Å². The SMILES string of the molecule is Cc1cc(Pc2c(C)cccc2/C=N/c2ccccc2)c(O)c(C(C)(C)C)c1. The maximum atomic E-state index is 11.0. The Balaban J connectivity index is 2.02. The molecular formula is C25H28NOP. The van der Waals surface area contributed by atoms with Crippen LogP contribution in [-0.2, 0) is 5.41 Å². The minimum absolute atomic E-state index is 0.0985. The Morgan fingerprint density at radius 2 is 1.64 bits per heavy atom. The van der Waals surface area contributed by atoms with E-state index in [9.17, 15) is 5.11 Å². The highest BCUT2D eigenvalue weighted by Crippen LogP contribution is 2.33. The average molecular weight is 389 g/mol. The lowest BCUT2D eigenvalue weighted by Gasteiger charge is -2.23. The van der Waals surface area contributed by atoms with Gasteiger partial charge in [-0.2, -0.15) is 0 Å². The molecular weight excluding hydrogens is 361 g/mol. The van der Waals surface area contributed by atoms with Gasteiger partial charge in [0.25, 0.3) is 0 Å². The molecule has 3 aromatic rings. The van der Waals surface area contributed by atoms with Crippen LogP contribution in [0.2, 0.25) is 0 Å². The van der Waals surface area contributed by atoms with E-state index in [4.69, 9.17) is 0 Å². The number of phenolic OH excluding ortho intramolecular Hbond substituents is 1. The van der Waals surface area contributed by atoms with Gasteiger partial charge in [0.1, 0.15) is 5.75 Å². The first-order chi connectivity index (χ1) is 13.3. The van der Waals surface area contributed by atoms with E-state index >= 15 is 0 Å². The highest BCUT2D eigenvalue weighted by molar-refractivity contribution is 7.56. The second-order valence-electron chi connectivity index (χ2n) is 8.22. The van der Waals surface area contributed by atoms with Gasteiger partial charge in [-0.3, -0.25) is 4.99 Å². The summed E-state index contributed by atoms with van der Waals surface area (Å²) in [5.41, 5.74) is 5.33. The van der Waals surface area contributed by atoms with E-state index in [0.717, 1.165) is 22.1 Å². The fourth-order valence-corrected chi connectivity index (χ4v) is 4.60. The topological polar surface area (TPSA) is 32.6 Å². The molecule has 0 bridgehead atoms. The van der Waals surface area contributed by atoms with Crippen LogP contribution < -0.4 is 10.6 Å². The Bertz CT molecular complexity index is 1000. The van der Waals surface area contributed by atoms with Crippen molar-refractivity contribution in [2.24, 2.45) is 4.99 Å². The normalized spacial score (nSPS) is 12.3. The van der Waals surface area contributed by atoms with E-state index in [2.05, 4.69) is 69.9 Å². The summed E-state index contributed by atoms with van der Waals surface area (Å²) in [5, 5.41) is 13.2. The number of hydrogen-bond donors (Lipinski definition) is 1. The first-order valence-electron chi connectivity index (χ1n) is 9.55. The Morgan fingerprint density at radius 1 is 0.929 bits per heavy atom. The van der Waals surface area contributed by atoms with Crippen LogP contribution in [0.5, 0.6) is 5.75 Å². The Morgan fingerprint density at radius 3 is 2.32 bits per heavy atom. The Hall–Kier alpha value is -2.44. The second-order valence-corrected chi connectivity index (χ2v) is 9.51. The molecule has 1 atom stereocenters. The summed E-state index contributed by atoms with van der Waals surface area (Å²) in [6, 6.07) is 20.4. The van der Waals surface area contributed by atoms with Gasteiger partial charge in [0.15, 0.2) is 0 Å². The number of para-hydroxylation sites is 1. The maximum absolute atomic E-state index is 11.0. The van der Waals surface area contributed by atoms with Crippen molar-refractivity contribution in [3.63, 3.8) is 0 Å². The number of aliphatic imine (C=N–C) groups is 1. The van der Waals surface area contributed by atoms with Crippen LogP contribution in [0.25, 0.3) is 0 Å². The minimum Gasteiger partial charge on any atom is -0.507 e. The van der Waals surface area contributed by atoms with Crippen LogP contribution in [0.4, 0.5) is 5.69 Å². The summed E-state index contributed by atoms with van der Waals surface area (Å²) in [7, 11) is 0.371. The molecule has 2 nitrogen and oxygen atoms in total. The molecule has 0 heterocycles. The van der Waals surface area contributed by atoms with E-state index in [1.54, 1.807) is 0 Å². The monoisotopic (exact) mass is 389 g/mol. The van der Waals surface area contributed by atoms with Crippen LogP contribution in [0.3, 0.4) is 0 Å². The molecule has 0 aromatic heterocycles. The predicted molar refractivity (Wildman–Crippen MR) is 124 cm³/mol. The summed E-state index contributed by atoms with van der Waals surface area (Å²) in [5.74, 6) is 0.422. The molecule has 0 aliphatic carbocycles. The Labute approximate surface area is 170 Å². The number of aryl methyl sites for hydroxylation is 2. The van der Waals surface area contributed by atoms with E-state index in [1.165, 1.54) is 16.4 Å². The van der Waals surface area contributed by atoms with Crippen molar-refractivity contribution in [1.29, 1.82) is 0 Å². The van der Waals surface area contributed by atoms with Gasteiger partial charge < -0.3 is 5.11 Å². The van der Waals surface area contributed by atoms with Gasteiger partial charge in [-0.1, -0.05) is 71.8 Å². The molecule has 0 saturated heterocycles. The molecule has 0 aliphatic rings. The van der Waals surface area contributed by atoms with Gasteiger partial charge in [-0.15, -0.1) is 0 Å². The number of hydrogen-bond acceptors (Lipinski definition) is 2. The van der Waals surface area contributed by atoms with E-state index in [1.807, 2.05) is 36.5 Å². The van der Waals surface area contributed by atoms with Gasteiger partial charge in [0, 0.05) is 22.6 Å². The van der Waals surface area contributed by atoms with E-state index < -0.39 is 0 Å². The number of benzene rings is 3. The third-order valence-electron chi connectivity index (χ3n) is 4.74. The molecule has 3 heteroatoms. The lowest BCUT2D eigenvalue weighted by molar-refractivity contribution is 0.450. The van der Waals surface area contributed by atoms with Crippen molar-refractivity contribution in [2.45, 2.75) is 40.0 Å². The first-order valence-corrected chi connectivity index (χ1v) is 10.6. The van der Waals surface area contributed by atoms with Crippen LogP contribution in [0, 0.1) is 13.8 Å². The molecule has 144 valence electrons. The van der Waals surface area contributed by atoms with Crippen molar-refractivity contribution in [3.05, 3.63) is 82.9 Å². The number of aromatic hydroxyl groups is 1. The van der Waals surface area contributed by atoms with Crippen LogP contribution in [-0.4, -0.2) is 11.3 Å². The van der Waals surface area contributed by atoms with Crippen molar-refractivity contribution >= 4 is 31.1 Å². The first kappa shape index (κ1) is 20.3. The van der Waals surface area contributed by atoms with Crippen LogP contribution in [0.1, 0.15) is 43.0 Å². The summed E-state index contributed by atoms with van der Waals surface area (Å²) >= 11 is 0. The lowest BCUT2D eigenvalue weighted by atomic mass is 9.85. The molecule has 0 spiro atoms. The standard InChI is InChI=1S/C25H28NOP/c1-17-14-21(25(3,4)5)23(27)22(15-17)28-24-18(2)10-9-11-19(24)16-26-20-12-7-6-8-13-20/h6-16,27-28H,1-5H3/b26-16+. The molecule has 0 radical (unpaired) electrons. The van der Waals surface area contributed by atoms with Crippen molar-refractivity contribution in [2.75, 3.05) is 0 Å². The summed E-state index contributed by atoms with van der Waals surface area (Å²) in [6.07, 6.45) is 1.93. The van der Waals surface area contributed by atoms with Gasteiger partial charge in [0.2, 0.25) is 0 Å². The average Bonchev–Trinajstić information content (AvgIpc) is 2.64. The molecule has 3 rings (SSSR count). The molecule has 0 fully saturated rings. The van der Waals surface area contributed by atoms with Crippen LogP contribution >= 0.6 is 8.58 Å². The lowest BCUT2D eigenvalue weighted by Crippen LogP contribution is -2.18. The summed E-state index contributed by atoms with van der Waals surface area (Å²) in [6.45, 7) is 10.6. The van der Waals surface area contributed by atoms with Gasteiger partial charge in [-0.05, 0) is 53.9 Å². The van der Waals surface area contributed by atoms with E-state index in [-0.39, 0.29) is 5.41 Å². The molecule has 28 heavy (non-hydrogen) atoms. The number of rotatable bonds is 4. The largest absolute Gasteiger partial charge is 0.507 e. The minimum atomic E-state index is -0.0985. The van der Waals surface area contributed by atoms with Crippen molar-refractivity contribution in [1.82, 2.24) is 0 Å². The fraction of sp³-hybridized carbons (Fsp3) is 0.240. The summed E-state index contributed by atoms with van der Waals surface area (Å²) < 4.78 is 0. The zero-order valence-electron chi connectivity index (χ0n) is 17.2. The van der Waals surface area contributed by atoms with Gasteiger partial charge >= 0.3 is 0 Å². The fourth-order valence-electron chi connectivity index (χ4n) is 3.21. The van der Waals surface area contributed by atoms with Crippen LogP contribution in [0.15, 0.2) is 65.7 Å². The quantitative estimate of drug-likeness (QED) is 0.451.